The van der Waals surface area contributed by atoms with E-state index in [-0.39, 0.29) is 45.3 Å². The molecular formula is C26H28N2O6. The molecule has 34 heavy (non-hydrogen) atoms. The molecule has 2 aliphatic carbocycles. The monoisotopic (exact) mass is 464 g/mol. The van der Waals surface area contributed by atoms with Crippen LogP contribution >= 0.6 is 0 Å². The van der Waals surface area contributed by atoms with E-state index >= 15 is 0 Å². The van der Waals surface area contributed by atoms with E-state index in [9.17, 15) is 30.3 Å². The Hall–Kier alpha value is -3.68. The number of aromatic hydroxyl groups is 2. The van der Waals surface area contributed by atoms with Gasteiger partial charge in [-0.3, -0.25) is 4.79 Å². The minimum atomic E-state index is -0.738. The summed E-state index contributed by atoms with van der Waals surface area (Å²) in [5, 5.41) is 55.4. The van der Waals surface area contributed by atoms with Crippen LogP contribution in [0.4, 0.5) is 5.69 Å². The minimum absolute atomic E-state index is 0.219. The molecule has 2 aliphatic heterocycles. The van der Waals surface area contributed by atoms with Crippen LogP contribution in [0, 0.1) is 0 Å². The van der Waals surface area contributed by atoms with Gasteiger partial charge in [-0.05, 0) is 25.7 Å². The van der Waals surface area contributed by atoms with Crippen molar-refractivity contribution in [3.8, 4) is 11.5 Å². The molecule has 0 amide bonds. The van der Waals surface area contributed by atoms with Crippen molar-refractivity contribution in [2.45, 2.75) is 38.5 Å². The number of allylic oxidation sites excluding steroid dienone is 4. The Balaban J connectivity index is 1.52. The van der Waals surface area contributed by atoms with Gasteiger partial charge in [0.2, 0.25) is 5.71 Å². The Morgan fingerprint density at radius 2 is 1.32 bits per heavy atom. The summed E-state index contributed by atoms with van der Waals surface area (Å²) >= 11 is 0. The van der Waals surface area contributed by atoms with Crippen LogP contribution in [0.3, 0.4) is 0 Å². The van der Waals surface area contributed by atoms with Crippen LogP contribution in [-0.2, 0) is 4.79 Å². The molecule has 0 unspecified atom stereocenters. The van der Waals surface area contributed by atoms with Gasteiger partial charge in [-0.2, -0.15) is 0 Å². The second-order valence-electron chi connectivity index (χ2n) is 9.22. The third kappa shape index (κ3) is 3.63. The summed E-state index contributed by atoms with van der Waals surface area (Å²) < 4.78 is 2.04. The van der Waals surface area contributed by atoms with Crippen molar-refractivity contribution in [3.63, 3.8) is 0 Å². The van der Waals surface area contributed by atoms with Gasteiger partial charge < -0.3 is 30.4 Å². The molecule has 0 saturated carbocycles. The maximum Gasteiger partial charge on any atom is 0.207 e. The van der Waals surface area contributed by atoms with Gasteiger partial charge >= 0.3 is 0 Å². The first-order chi connectivity index (χ1) is 16.4. The quantitative estimate of drug-likeness (QED) is 0.391. The van der Waals surface area contributed by atoms with Gasteiger partial charge in [0.1, 0.15) is 36.1 Å². The minimum Gasteiger partial charge on any atom is -0.871 e. The van der Waals surface area contributed by atoms with Crippen LogP contribution in [0.2, 0.25) is 0 Å². The van der Waals surface area contributed by atoms with Crippen LogP contribution in [0.25, 0.3) is 5.57 Å². The van der Waals surface area contributed by atoms with E-state index in [0.29, 0.717) is 11.4 Å². The largest absolute Gasteiger partial charge is 0.871 e. The third-order valence-electron chi connectivity index (χ3n) is 7.01. The average Bonchev–Trinajstić information content (AvgIpc) is 2.84. The summed E-state index contributed by atoms with van der Waals surface area (Å²) in [6, 6.07) is 2.91. The molecule has 2 saturated heterocycles. The number of aliphatic hydroxyl groups excluding tert-OH is 2. The number of aliphatic hydroxyl groups is 2. The molecule has 1 aromatic rings. The molecule has 5 rings (SSSR count). The van der Waals surface area contributed by atoms with Crippen molar-refractivity contribution in [1.82, 2.24) is 0 Å². The number of rotatable bonds is 2. The number of Topliss-reactive ketones (excluding diaryl/α,β-unsaturated/α-hetero) is 1. The van der Waals surface area contributed by atoms with Gasteiger partial charge in [0, 0.05) is 54.9 Å². The molecule has 0 radical (unpaired) electrons. The van der Waals surface area contributed by atoms with E-state index in [0.717, 1.165) is 64.7 Å². The lowest BCUT2D eigenvalue weighted by Gasteiger charge is -2.34. The second kappa shape index (κ2) is 8.59. The molecule has 0 aromatic heterocycles. The number of piperidine rings is 2. The van der Waals surface area contributed by atoms with Gasteiger partial charge in [0.15, 0.2) is 5.78 Å². The number of ketones is 1. The average molecular weight is 465 g/mol. The first-order valence-electron chi connectivity index (χ1n) is 11.8. The standard InChI is InChI=1S/C26H28N2O6/c29-17-11-15(27-7-3-1-4-8-27)12-18(30)21(17)23-25(33)24(26(23)34)22-19(31)13-16(14-20(22)32)28-9-5-2-6-10-28/h11-14H,1-10H2,(H4,29,30,31,32,33,34). The first kappa shape index (κ1) is 22.1. The molecule has 2 fully saturated rings. The molecule has 4 N–H and O–H groups in total. The summed E-state index contributed by atoms with van der Waals surface area (Å²) in [5.74, 6) is -2.90. The highest BCUT2D eigenvalue weighted by atomic mass is 16.3. The van der Waals surface area contributed by atoms with E-state index in [1.165, 1.54) is 24.3 Å². The zero-order valence-corrected chi connectivity index (χ0v) is 18.9. The number of nitrogens with zero attached hydrogens (tertiary/aromatic N) is 2. The smallest absolute Gasteiger partial charge is 0.207 e. The van der Waals surface area contributed by atoms with Crippen molar-refractivity contribution < 1.29 is 34.9 Å². The van der Waals surface area contributed by atoms with Crippen LogP contribution in [-0.4, -0.2) is 62.7 Å². The molecule has 2 heterocycles. The lowest BCUT2D eigenvalue weighted by Crippen LogP contribution is -2.32. The highest BCUT2D eigenvalue weighted by molar-refractivity contribution is 6.40. The number of carbonyl (C=O) groups is 1. The zero-order chi connectivity index (χ0) is 24.0. The molecule has 8 heteroatoms. The maximum atomic E-state index is 13.0. The Morgan fingerprint density at radius 1 is 0.765 bits per heavy atom. The predicted octanol–water partition coefficient (Wildman–Crippen LogP) is 2.57. The third-order valence-corrected chi connectivity index (χ3v) is 7.01. The van der Waals surface area contributed by atoms with Gasteiger partial charge in [-0.25, -0.2) is 4.58 Å². The van der Waals surface area contributed by atoms with E-state index in [1.54, 1.807) is 0 Å². The van der Waals surface area contributed by atoms with Crippen molar-refractivity contribution >= 4 is 22.8 Å². The fourth-order valence-corrected chi connectivity index (χ4v) is 5.22. The molecule has 4 aliphatic rings. The highest BCUT2D eigenvalue weighted by Gasteiger charge is 2.38. The number of anilines is 1. The topological polar surface area (TPSA) is 127 Å². The molecule has 1 aromatic carbocycles. The fraction of sp³-hybridized carbons (Fsp3) is 0.385. The number of carbonyl (C=O) groups excluding carboxylic acids is 1. The molecule has 178 valence electrons. The molecule has 8 nitrogen and oxygen atoms in total. The van der Waals surface area contributed by atoms with Gasteiger partial charge in [-0.1, -0.05) is 5.76 Å². The van der Waals surface area contributed by atoms with E-state index in [4.69, 9.17) is 0 Å². The van der Waals surface area contributed by atoms with Crippen LogP contribution in [0.15, 0.2) is 52.7 Å². The summed E-state index contributed by atoms with van der Waals surface area (Å²) in [5.41, 5.74) is 0.118. The number of hydrogen-bond acceptors (Lipinski definition) is 7. The number of phenols is 2. The summed E-state index contributed by atoms with van der Waals surface area (Å²) in [4.78, 5) is 15.0. The maximum absolute atomic E-state index is 13.0. The molecule has 0 spiro atoms. The van der Waals surface area contributed by atoms with Gasteiger partial charge in [-0.15, -0.1) is 0 Å². The predicted molar refractivity (Wildman–Crippen MR) is 125 cm³/mol. The summed E-state index contributed by atoms with van der Waals surface area (Å²) in [6.45, 7) is 3.21. The Labute approximate surface area is 197 Å². The van der Waals surface area contributed by atoms with E-state index in [1.807, 2.05) is 9.48 Å². The summed E-state index contributed by atoms with van der Waals surface area (Å²) in [7, 11) is 0. The van der Waals surface area contributed by atoms with Gasteiger partial charge in [0.05, 0.1) is 23.3 Å². The lowest BCUT2D eigenvalue weighted by atomic mass is 9.78. The van der Waals surface area contributed by atoms with E-state index in [2.05, 4.69) is 0 Å². The first-order valence-corrected chi connectivity index (χ1v) is 11.8. The second-order valence-corrected chi connectivity index (χ2v) is 9.22. The number of phenolic OH excluding ortho intramolecular Hbond substituents is 2. The Kier molecular flexibility index (Phi) is 5.59. The van der Waals surface area contributed by atoms with Crippen LogP contribution < -0.4 is 10.0 Å². The van der Waals surface area contributed by atoms with Crippen molar-refractivity contribution in [3.05, 3.63) is 58.3 Å². The lowest BCUT2D eigenvalue weighted by molar-refractivity contribution is -0.536. The number of hydrogen-bond donors (Lipinski definition) is 4. The Bertz CT molecular complexity index is 1170. The normalized spacial score (nSPS) is 21.5. The van der Waals surface area contributed by atoms with E-state index < -0.39 is 11.5 Å². The van der Waals surface area contributed by atoms with Crippen molar-refractivity contribution in [1.29, 1.82) is 0 Å². The molecule has 0 atom stereocenters. The Morgan fingerprint density at radius 3 is 1.88 bits per heavy atom. The zero-order valence-electron chi connectivity index (χ0n) is 18.9. The van der Waals surface area contributed by atoms with Crippen LogP contribution in [0.5, 0.6) is 11.5 Å². The van der Waals surface area contributed by atoms with Crippen LogP contribution in [0.1, 0.15) is 44.1 Å². The number of benzene rings is 1. The fourth-order valence-electron chi connectivity index (χ4n) is 5.22. The molecule has 0 bridgehead atoms. The highest BCUT2D eigenvalue weighted by Crippen LogP contribution is 2.47. The SMILES string of the molecule is O=C1C(=C2C(O)=CC(=[N+]3CCCCC3)C=C2O)C([O-])=C1c1c(O)cc(N2CCCCC2)cc1O. The van der Waals surface area contributed by atoms with Crippen molar-refractivity contribution in [2.24, 2.45) is 0 Å². The summed E-state index contributed by atoms with van der Waals surface area (Å²) in [6.07, 6.45) is 9.22. The van der Waals surface area contributed by atoms with Crippen molar-refractivity contribution in [2.75, 3.05) is 31.1 Å². The molecular weight excluding hydrogens is 436 g/mol. The van der Waals surface area contributed by atoms with Gasteiger partial charge in [0.25, 0.3) is 0 Å².